The Balaban J connectivity index is 2.10. The Labute approximate surface area is 121 Å². The molecule has 1 aliphatic rings. The van der Waals surface area contributed by atoms with Crippen molar-refractivity contribution in [2.75, 3.05) is 5.32 Å². The second-order valence-electron chi connectivity index (χ2n) is 6.65. The quantitative estimate of drug-likeness (QED) is 0.886. The average Bonchev–Trinajstić information content (AvgIpc) is 2.67. The Bertz CT molecular complexity index is 486. The van der Waals surface area contributed by atoms with Gasteiger partial charge in [-0.05, 0) is 39.0 Å². The van der Waals surface area contributed by atoms with Crippen molar-refractivity contribution in [1.82, 2.24) is 9.78 Å². The zero-order chi connectivity index (χ0) is 14.9. The zero-order valence-corrected chi connectivity index (χ0v) is 13.4. The van der Waals surface area contributed by atoms with Crippen molar-refractivity contribution in [1.29, 1.82) is 0 Å². The molecule has 1 fully saturated rings. The minimum absolute atomic E-state index is 0.119. The summed E-state index contributed by atoms with van der Waals surface area (Å²) in [5, 5.41) is 7.48. The maximum absolute atomic E-state index is 12.5. The van der Waals surface area contributed by atoms with Crippen molar-refractivity contribution in [2.45, 2.75) is 66.3 Å². The van der Waals surface area contributed by atoms with E-state index in [0.29, 0.717) is 12.0 Å². The highest BCUT2D eigenvalue weighted by Crippen LogP contribution is 2.42. The van der Waals surface area contributed by atoms with Gasteiger partial charge in [0.25, 0.3) is 0 Å². The van der Waals surface area contributed by atoms with Gasteiger partial charge in [-0.15, -0.1) is 0 Å². The summed E-state index contributed by atoms with van der Waals surface area (Å²) in [6.45, 7) is 10.4. The number of rotatable bonds is 5. The summed E-state index contributed by atoms with van der Waals surface area (Å²) in [4.78, 5) is 12.5. The Hall–Kier alpha value is -1.32. The van der Waals surface area contributed by atoms with E-state index in [2.05, 4.69) is 38.1 Å². The monoisotopic (exact) mass is 277 g/mol. The van der Waals surface area contributed by atoms with Gasteiger partial charge in [-0.25, -0.2) is 0 Å². The number of amides is 1. The normalized spacial score (nSPS) is 17.6. The molecule has 0 aromatic carbocycles. The zero-order valence-electron chi connectivity index (χ0n) is 13.4. The molecule has 1 N–H and O–H groups in total. The second-order valence-corrected chi connectivity index (χ2v) is 6.65. The van der Waals surface area contributed by atoms with E-state index < -0.39 is 0 Å². The fourth-order valence-corrected chi connectivity index (χ4v) is 2.76. The van der Waals surface area contributed by atoms with Crippen molar-refractivity contribution < 1.29 is 4.79 Å². The Kier molecular flexibility index (Phi) is 4.21. The van der Waals surface area contributed by atoms with E-state index >= 15 is 0 Å². The number of carbonyl (C=O) groups excluding carboxylic acids is 1. The lowest BCUT2D eigenvalue weighted by molar-refractivity contribution is -0.128. The van der Waals surface area contributed by atoms with Crippen LogP contribution >= 0.6 is 0 Å². The van der Waals surface area contributed by atoms with Crippen LogP contribution in [-0.2, 0) is 4.79 Å². The fraction of sp³-hybridized carbons (Fsp3) is 0.750. The molecule has 1 unspecified atom stereocenters. The van der Waals surface area contributed by atoms with Gasteiger partial charge in [-0.2, -0.15) is 5.10 Å². The maximum Gasteiger partial charge on any atom is 0.230 e. The molecule has 4 heteroatoms. The van der Waals surface area contributed by atoms with E-state index in [-0.39, 0.29) is 11.3 Å². The summed E-state index contributed by atoms with van der Waals surface area (Å²) in [6.07, 6.45) is 6.41. The Morgan fingerprint density at radius 3 is 2.70 bits per heavy atom. The van der Waals surface area contributed by atoms with Crippen LogP contribution in [0.5, 0.6) is 0 Å². The minimum atomic E-state index is -0.289. The molecule has 0 bridgehead atoms. The average molecular weight is 277 g/mol. The third-order valence-corrected chi connectivity index (χ3v) is 5.01. The first kappa shape index (κ1) is 15.1. The van der Waals surface area contributed by atoms with Crippen LogP contribution in [0.4, 0.5) is 5.69 Å². The molecule has 0 saturated heterocycles. The molecule has 1 aromatic rings. The van der Waals surface area contributed by atoms with E-state index in [4.69, 9.17) is 0 Å². The highest BCUT2D eigenvalue weighted by Gasteiger charge is 2.40. The van der Waals surface area contributed by atoms with Gasteiger partial charge in [-0.1, -0.05) is 27.2 Å². The van der Waals surface area contributed by atoms with Crippen LogP contribution in [0.1, 0.15) is 65.1 Å². The lowest BCUT2D eigenvalue weighted by atomic mass is 9.67. The largest absolute Gasteiger partial charge is 0.323 e. The van der Waals surface area contributed by atoms with Crippen LogP contribution < -0.4 is 5.32 Å². The summed E-state index contributed by atoms with van der Waals surface area (Å²) in [6, 6.07) is 0.361. The van der Waals surface area contributed by atoms with Gasteiger partial charge >= 0.3 is 0 Å². The standard InChI is InChI=1S/C16H27N3O/c1-6-11(2)19-12(3)14(10-17-19)18-15(20)16(4,5)13-8-7-9-13/h10-11,13H,6-9H2,1-5H3,(H,18,20). The first-order valence-electron chi connectivity index (χ1n) is 7.73. The van der Waals surface area contributed by atoms with Crippen LogP contribution in [0.3, 0.4) is 0 Å². The number of nitrogens with one attached hydrogen (secondary N) is 1. The van der Waals surface area contributed by atoms with Crippen molar-refractivity contribution in [3.63, 3.8) is 0 Å². The number of nitrogens with zero attached hydrogens (tertiary/aromatic N) is 2. The maximum atomic E-state index is 12.5. The molecular weight excluding hydrogens is 250 g/mol. The van der Waals surface area contributed by atoms with Crippen molar-refractivity contribution in [2.24, 2.45) is 11.3 Å². The lowest BCUT2D eigenvalue weighted by Crippen LogP contribution is -2.40. The van der Waals surface area contributed by atoms with E-state index in [1.54, 1.807) is 6.20 Å². The number of anilines is 1. The predicted octanol–water partition coefficient (Wildman–Crippen LogP) is 3.93. The molecule has 1 saturated carbocycles. The van der Waals surface area contributed by atoms with Gasteiger partial charge in [0.05, 0.1) is 17.6 Å². The summed E-state index contributed by atoms with van der Waals surface area (Å²) in [7, 11) is 0. The predicted molar refractivity (Wildman–Crippen MR) is 81.7 cm³/mol. The van der Waals surface area contributed by atoms with Crippen LogP contribution in [0.25, 0.3) is 0 Å². The van der Waals surface area contributed by atoms with E-state index in [9.17, 15) is 4.79 Å². The first-order valence-corrected chi connectivity index (χ1v) is 7.73. The molecular formula is C16H27N3O. The molecule has 20 heavy (non-hydrogen) atoms. The highest BCUT2D eigenvalue weighted by atomic mass is 16.2. The molecule has 2 rings (SSSR count). The Morgan fingerprint density at radius 1 is 1.55 bits per heavy atom. The van der Waals surface area contributed by atoms with Crippen LogP contribution in [0, 0.1) is 18.3 Å². The van der Waals surface area contributed by atoms with E-state index in [1.807, 2.05) is 11.6 Å². The SMILES string of the molecule is CCC(C)n1ncc(NC(=O)C(C)(C)C2CCC2)c1C. The van der Waals surface area contributed by atoms with Crippen LogP contribution in [0.2, 0.25) is 0 Å². The lowest BCUT2D eigenvalue weighted by Gasteiger charge is -2.38. The van der Waals surface area contributed by atoms with Crippen molar-refractivity contribution in [3.05, 3.63) is 11.9 Å². The van der Waals surface area contributed by atoms with Crippen LogP contribution in [0.15, 0.2) is 6.20 Å². The molecule has 112 valence electrons. The molecule has 0 spiro atoms. The first-order chi connectivity index (χ1) is 9.37. The molecule has 0 aliphatic heterocycles. The molecule has 1 amide bonds. The smallest absolute Gasteiger partial charge is 0.230 e. The van der Waals surface area contributed by atoms with Gasteiger partial charge in [0.2, 0.25) is 5.91 Å². The van der Waals surface area contributed by atoms with E-state index in [1.165, 1.54) is 19.3 Å². The third kappa shape index (κ3) is 2.60. The number of hydrogen-bond donors (Lipinski definition) is 1. The molecule has 1 heterocycles. The van der Waals surface area contributed by atoms with E-state index in [0.717, 1.165) is 17.8 Å². The fourth-order valence-electron chi connectivity index (χ4n) is 2.76. The highest BCUT2D eigenvalue weighted by molar-refractivity contribution is 5.95. The molecule has 1 aliphatic carbocycles. The van der Waals surface area contributed by atoms with Crippen molar-refractivity contribution in [3.8, 4) is 0 Å². The van der Waals surface area contributed by atoms with Gasteiger partial charge < -0.3 is 5.32 Å². The Morgan fingerprint density at radius 2 is 2.20 bits per heavy atom. The second kappa shape index (κ2) is 5.58. The van der Waals surface area contributed by atoms with Gasteiger partial charge in [0.15, 0.2) is 0 Å². The summed E-state index contributed by atoms with van der Waals surface area (Å²) in [5.41, 5.74) is 1.60. The summed E-state index contributed by atoms with van der Waals surface area (Å²) >= 11 is 0. The number of carbonyl (C=O) groups is 1. The van der Waals surface area contributed by atoms with Gasteiger partial charge in [0.1, 0.15) is 0 Å². The molecule has 0 radical (unpaired) electrons. The molecule has 1 aromatic heterocycles. The number of aromatic nitrogens is 2. The third-order valence-electron chi connectivity index (χ3n) is 5.01. The number of hydrogen-bond acceptors (Lipinski definition) is 2. The summed E-state index contributed by atoms with van der Waals surface area (Å²) < 4.78 is 1.99. The summed E-state index contributed by atoms with van der Waals surface area (Å²) in [5.74, 6) is 0.640. The van der Waals surface area contributed by atoms with Crippen LogP contribution in [-0.4, -0.2) is 15.7 Å². The molecule has 1 atom stereocenters. The topological polar surface area (TPSA) is 46.9 Å². The van der Waals surface area contributed by atoms with Crippen molar-refractivity contribution >= 4 is 11.6 Å². The molecule has 4 nitrogen and oxygen atoms in total. The van der Waals surface area contributed by atoms with Gasteiger partial charge in [-0.3, -0.25) is 9.48 Å². The minimum Gasteiger partial charge on any atom is -0.323 e. The van der Waals surface area contributed by atoms with Gasteiger partial charge in [0, 0.05) is 11.5 Å².